The highest BCUT2D eigenvalue weighted by Gasteiger charge is 2.26. The Morgan fingerprint density at radius 1 is 1.09 bits per heavy atom. The largest absolute Gasteiger partial charge is 0.495 e. The van der Waals surface area contributed by atoms with Gasteiger partial charge in [0.25, 0.3) is 0 Å². The Balaban J connectivity index is 1.34. The van der Waals surface area contributed by atoms with Gasteiger partial charge < -0.3 is 25.2 Å². The molecule has 12 heteroatoms. The number of aromatic nitrogens is 4. The van der Waals surface area contributed by atoms with Crippen LogP contribution in [0.5, 0.6) is 5.75 Å². The molecular formula is C33H44N8O3S. The molecule has 1 fully saturated rings. The van der Waals surface area contributed by atoms with Crippen LogP contribution in [0, 0.1) is 6.92 Å². The molecule has 240 valence electrons. The average Bonchev–Trinajstić information content (AvgIpc) is 3.50. The highest BCUT2D eigenvalue weighted by atomic mass is 32.2. The van der Waals surface area contributed by atoms with Crippen molar-refractivity contribution in [2.45, 2.75) is 62.5 Å². The Kier molecular flexibility index (Phi) is 10.3. The molecule has 1 saturated heterocycles. The molecule has 0 saturated carbocycles. The molecule has 0 spiro atoms. The van der Waals surface area contributed by atoms with Crippen molar-refractivity contribution in [2.24, 2.45) is 0 Å². The number of fused-ring (bicyclic) bond motifs is 1. The van der Waals surface area contributed by atoms with E-state index in [-0.39, 0.29) is 11.2 Å². The molecule has 2 N–H and O–H groups in total. The number of amides is 1. The maximum atomic E-state index is 13.0. The molecule has 3 heterocycles. The van der Waals surface area contributed by atoms with Crippen molar-refractivity contribution in [3.05, 3.63) is 59.8 Å². The number of anilines is 4. The first-order chi connectivity index (χ1) is 21.6. The van der Waals surface area contributed by atoms with Crippen LogP contribution in [0.1, 0.15) is 56.6 Å². The van der Waals surface area contributed by atoms with Gasteiger partial charge in [0.1, 0.15) is 5.75 Å². The summed E-state index contributed by atoms with van der Waals surface area (Å²) in [6, 6.07) is 13.5. The molecule has 1 unspecified atom stereocenters. The smallest absolute Gasteiger partial charge is 0.233 e. The number of aryl methyl sites for hydroxylation is 1. The lowest BCUT2D eigenvalue weighted by Gasteiger charge is -2.33. The van der Waals surface area contributed by atoms with E-state index in [1.807, 2.05) is 57.1 Å². The normalized spacial score (nSPS) is 14.7. The number of para-hydroxylation sites is 1. The van der Waals surface area contributed by atoms with E-state index in [1.54, 1.807) is 23.9 Å². The minimum Gasteiger partial charge on any atom is -0.495 e. The third-order valence-electron chi connectivity index (χ3n) is 8.15. The van der Waals surface area contributed by atoms with E-state index < -0.39 is 10.8 Å². The molecule has 4 aromatic rings. The number of ether oxygens (including phenoxy) is 1. The van der Waals surface area contributed by atoms with E-state index >= 15 is 0 Å². The summed E-state index contributed by atoms with van der Waals surface area (Å²) >= 11 is 0. The molecule has 45 heavy (non-hydrogen) atoms. The van der Waals surface area contributed by atoms with Crippen LogP contribution < -0.4 is 15.4 Å². The van der Waals surface area contributed by atoms with Crippen LogP contribution in [0.2, 0.25) is 0 Å². The zero-order valence-electron chi connectivity index (χ0n) is 27.0. The van der Waals surface area contributed by atoms with Crippen LogP contribution in [0.25, 0.3) is 5.65 Å². The van der Waals surface area contributed by atoms with Gasteiger partial charge in [-0.3, -0.25) is 9.00 Å². The highest BCUT2D eigenvalue weighted by molar-refractivity contribution is 7.85. The number of rotatable bonds is 12. The van der Waals surface area contributed by atoms with Crippen LogP contribution in [0.15, 0.2) is 53.6 Å². The molecule has 0 bridgehead atoms. The van der Waals surface area contributed by atoms with E-state index in [4.69, 9.17) is 9.72 Å². The van der Waals surface area contributed by atoms with Crippen LogP contribution >= 0.6 is 0 Å². The van der Waals surface area contributed by atoms with Crippen molar-refractivity contribution >= 4 is 45.6 Å². The molecular weight excluding hydrogens is 588 g/mol. The van der Waals surface area contributed by atoms with Gasteiger partial charge in [-0.1, -0.05) is 26.0 Å². The maximum absolute atomic E-state index is 13.0. The van der Waals surface area contributed by atoms with Gasteiger partial charge in [0, 0.05) is 30.8 Å². The molecule has 1 amide bonds. The summed E-state index contributed by atoms with van der Waals surface area (Å²) in [4.78, 5) is 27.0. The summed E-state index contributed by atoms with van der Waals surface area (Å²) in [5.41, 5.74) is 4.44. The van der Waals surface area contributed by atoms with Crippen molar-refractivity contribution in [3.8, 4) is 5.75 Å². The second-order valence-electron chi connectivity index (χ2n) is 12.0. The van der Waals surface area contributed by atoms with E-state index in [1.165, 1.54) is 5.56 Å². The summed E-state index contributed by atoms with van der Waals surface area (Å²) in [5.74, 6) is 2.12. The number of carbonyl (C=O) groups is 1. The standard InChI is InChI=1S/C33H44N8O3S/c1-22(2)45(43)29-11-8-7-10-26(29)36-33-38-32(37-30-13-16-34-41(30)33)35-27-20-23(3)25(21-28(27)44-6)24-14-18-40(19-15-24)31(42)12-9-17-39(4)5/h7-8,10-11,13,16,20-22,24H,9,12,14-15,17-19H2,1-6H3,(H2,35,36,37,38). The van der Waals surface area contributed by atoms with Gasteiger partial charge in [-0.25, -0.2) is 0 Å². The topological polar surface area (TPSA) is 117 Å². The van der Waals surface area contributed by atoms with E-state index in [2.05, 4.69) is 44.7 Å². The highest BCUT2D eigenvalue weighted by Crippen LogP contribution is 2.37. The van der Waals surface area contributed by atoms with Crippen LogP contribution in [-0.4, -0.2) is 85.6 Å². The second kappa shape index (κ2) is 14.4. The monoisotopic (exact) mass is 632 g/mol. The summed E-state index contributed by atoms with van der Waals surface area (Å²) in [5, 5.41) is 11.1. The third-order valence-corrected chi connectivity index (χ3v) is 9.80. The van der Waals surface area contributed by atoms with Gasteiger partial charge in [0.15, 0.2) is 5.65 Å². The molecule has 1 aliphatic heterocycles. The molecule has 2 aromatic heterocycles. The average molecular weight is 633 g/mol. The van der Waals surface area contributed by atoms with Gasteiger partial charge in [-0.15, -0.1) is 0 Å². The fraction of sp³-hybridized carbons (Fsp3) is 0.455. The predicted molar refractivity (Wildman–Crippen MR) is 179 cm³/mol. The van der Waals surface area contributed by atoms with E-state index in [0.717, 1.165) is 50.1 Å². The van der Waals surface area contributed by atoms with Gasteiger partial charge in [-0.2, -0.15) is 19.6 Å². The quantitative estimate of drug-likeness (QED) is 0.209. The molecule has 0 radical (unpaired) electrons. The Bertz CT molecular complexity index is 1660. The van der Waals surface area contributed by atoms with Crippen molar-refractivity contribution < 1.29 is 13.7 Å². The molecule has 2 aromatic carbocycles. The van der Waals surface area contributed by atoms with Crippen molar-refractivity contribution in [3.63, 3.8) is 0 Å². The van der Waals surface area contributed by atoms with E-state index in [0.29, 0.717) is 46.2 Å². The fourth-order valence-electron chi connectivity index (χ4n) is 5.76. The lowest BCUT2D eigenvalue weighted by Crippen LogP contribution is -2.38. The summed E-state index contributed by atoms with van der Waals surface area (Å²) in [6.45, 7) is 8.45. The molecule has 11 nitrogen and oxygen atoms in total. The van der Waals surface area contributed by atoms with Gasteiger partial charge >= 0.3 is 0 Å². The second-order valence-corrected chi connectivity index (χ2v) is 14.0. The Morgan fingerprint density at radius 2 is 1.84 bits per heavy atom. The van der Waals surface area contributed by atoms with Gasteiger partial charge in [0.05, 0.1) is 40.4 Å². The van der Waals surface area contributed by atoms with Crippen LogP contribution in [-0.2, 0) is 15.6 Å². The van der Waals surface area contributed by atoms with Gasteiger partial charge in [0.2, 0.25) is 17.8 Å². The number of benzene rings is 2. The molecule has 0 aliphatic carbocycles. The molecule has 1 aliphatic rings. The number of likely N-dealkylation sites (tertiary alicyclic amines) is 1. The zero-order chi connectivity index (χ0) is 32.1. The number of methoxy groups -OCH3 is 1. The maximum Gasteiger partial charge on any atom is 0.233 e. The number of hydrogen-bond donors (Lipinski definition) is 2. The SMILES string of the molecule is COc1cc(C2CCN(C(=O)CCCN(C)C)CC2)c(C)cc1Nc1nc(Nc2ccccc2S(=O)C(C)C)n2nccc2n1. The minimum absolute atomic E-state index is 0.0351. The fourth-order valence-corrected chi connectivity index (χ4v) is 6.81. The van der Waals surface area contributed by atoms with E-state index in [9.17, 15) is 9.00 Å². The third kappa shape index (κ3) is 7.62. The first kappa shape index (κ1) is 32.4. The summed E-state index contributed by atoms with van der Waals surface area (Å²) in [7, 11) is 4.54. The lowest BCUT2D eigenvalue weighted by molar-refractivity contribution is -0.132. The van der Waals surface area contributed by atoms with Crippen molar-refractivity contribution in [1.29, 1.82) is 0 Å². The Labute approximate surface area is 267 Å². The van der Waals surface area contributed by atoms with Crippen LogP contribution in [0.4, 0.5) is 23.3 Å². The van der Waals surface area contributed by atoms with Crippen LogP contribution in [0.3, 0.4) is 0 Å². The van der Waals surface area contributed by atoms with Gasteiger partial charge in [-0.05, 0) is 88.1 Å². The lowest BCUT2D eigenvalue weighted by atomic mass is 9.86. The summed E-state index contributed by atoms with van der Waals surface area (Å²) in [6.07, 6.45) is 5.01. The van der Waals surface area contributed by atoms with Crippen molar-refractivity contribution in [2.75, 3.05) is 51.5 Å². The number of carbonyl (C=O) groups excluding carboxylic acids is 1. The Hall–Kier alpha value is -4.03. The summed E-state index contributed by atoms with van der Waals surface area (Å²) < 4.78 is 20.4. The van der Waals surface area contributed by atoms with Crippen molar-refractivity contribution in [1.82, 2.24) is 29.4 Å². The first-order valence-corrected chi connectivity index (χ1v) is 16.7. The first-order valence-electron chi connectivity index (χ1n) is 15.5. The number of hydrogen-bond acceptors (Lipinski definition) is 9. The number of piperidine rings is 1. The number of nitrogens with one attached hydrogen (secondary N) is 2. The minimum atomic E-state index is -1.19. The molecule has 1 atom stereocenters. The Morgan fingerprint density at radius 3 is 2.56 bits per heavy atom. The number of nitrogens with zero attached hydrogens (tertiary/aromatic N) is 6. The predicted octanol–water partition coefficient (Wildman–Crippen LogP) is 5.49. The molecule has 5 rings (SSSR count). The zero-order valence-corrected chi connectivity index (χ0v) is 27.9.